The summed E-state index contributed by atoms with van der Waals surface area (Å²) in [6.45, 7) is -0.0452. The zero-order valence-electron chi connectivity index (χ0n) is 14.4. The Balaban J connectivity index is 1.71. The number of amides is 1. The second-order valence-corrected chi connectivity index (χ2v) is 6.38. The number of alkyl halides is 3. The van der Waals surface area contributed by atoms with E-state index in [2.05, 4.69) is 0 Å². The zero-order valence-corrected chi connectivity index (χ0v) is 14.4. The molecule has 0 fully saturated rings. The zero-order chi connectivity index (χ0) is 20.5. The van der Waals surface area contributed by atoms with Crippen molar-refractivity contribution in [3.05, 3.63) is 64.7 Å². The second-order valence-electron chi connectivity index (χ2n) is 6.38. The molecular weight excluding hydrogens is 379 g/mol. The number of halogens is 3. The molecule has 28 heavy (non-hydrogen) atoms. The molecule has 0 bridgehead atoms. The maximum absolute atomic E-state index is 12.6. The Hall–Kier alpha value is -3.23. The molecule has 2 N–H and O–H groups in total. The van der Waals surface area contributed by atoms with Gasteiger partial charge in [-0.3, -0.25) is 4.90 Å². The Morgan fingerprint density at radius 2 is 1.75 bits per heavy atom. The Morgan fingerprint density at radius 1 is 1.07 bits per heavy atom. The number of fused-ring (bicyclic) bond motifs is 1. The lowest BCUT2D eigenvalue weighted by Gasteiger charge is -2.32. The summed E-state index contributed by atoms with van der Waals surface area (Å²) in [4.78, 5) is 23.5. The summed E-state index contributed by atoms with van der Waals surface area (Å²) < 4.78 is 43.3. The Bertz CT molecular complexity index is 895. The van der Waals surface area contributed by atoms with Gasteiger partial charge in [-0.05, 0) is 41.0 Å². The molecule has 0 aliphatic carbocycles. The van der Waals surface area contributed by atoms with Crippen LogP contribution in [0.25, 0.3) is 0 Å². The molecule has 1 aliphatic heterocycles. The average molecular weight is 395 g/mol. The van der Waals surface area contributed by atoms with Gasteiger partial charge in [0, 0.05) is 6.42 Å². The van der Waals surface area contributed by atoms with Crippen molar-refractivity contribution in [2.45, 2.75) is 31.8 Å². The summed E-state index contributed by atoms with van der Waals surface area (Å²) in [5.74, 6) is -0.798. The quantitative estimate of drug-likeness (QED) is 0.823. The molecule has 0 radical (unpaired) electrons. The lowest BCUT2D eigenvalue weighted by Crippen LogP contribution is -2.48. The van der Waals surface area contributed by atoms with Crippen LogP contribution in [0.1, 0.15) is 22.3 Å². The smallest absolute Gasteiger partial charge is 0.416 e. The number of ether oxygens (including phenoxy) is 1. The van der Waals surface area contributed by atoms with Crippen LogP contribution < -0.4 is 4.74 Å². The minimum absolute atomic E-state index is 0.0390. The number of nitrogens with zero attached hydrogens (tertiary/aromatic N) is 1. The maximum Gasteiger partial charge on any atom is 0.416 e. The average Bonchev–Trinajstić information content (AvgIpc) is 2.64. The van der Waals surface area contributed by atoms with E-state index in [4.69, 9.17) is 4.74 Å². The molecular formula is C19H16F3NO5. The van der Waals surface area contributed by atoms with Crippen LogP contribution in [0.15, 0.2) is 42.5 Å². The molecule has 0 saturated carbocycles. The third kappa shape index (κ3) is 4.19. The fraction of sp³-hybridized carbons (Fsp3) is 0.263. The van der Waals surface area contributed by atoms with E-state index in [9.17, 15) is 33.0 Å². The van der Waals surface area contributed by atoms with Crippen molar-refractivity contribution >= 4 is 12.1 Å². The molecule has 6 nitrogen and oxygen atoms in total. The first-order chi connectivity index (χ1) is 13.1. The Kier molecular flexibility index (Phi) is 5.17. The maximum atomic E-state index is 12.6. The lowest BCUT2D eigenvalue weighted by atomic mass is 9.94. The second kappa shape index (κ2) is 7.41. The molecule has 1 heterocycles. The number of hydrogen-bond acceptors (Lipinski definition) is 3. The summed E-state index contributed by atoms with van der Waals surface area (Å²) in [6.07, 6.45) is -5.67. The number of rotatable bonds is 4. The third-order valence-corrected chi connectivity index (χ3v) is 4.53. The highest BCUT2D eigenvalue weighted by Gasteiger charge is 2.34. The van der Waals surface area contributed by atoms with Gasteiger partial charge in [0.05, 0.1) is 12.1 Å². The largest absolute Gasteiger partial charge is 0.489 e. The first-order valence-corrected chi connectivity index (χ1v) is 8.28. The number of benzene rings is 2. The fourth-order valence-corrected chi connectivity index (χ4v) is 3.03. The Morgan fingerprint density at radius 3 is 2.32 bits per heavy atom. The van der Waals surface area contributed by atoms with Gasteiger partial charge in [-0.15, -0.1) is 0 Å². The molecule has 1 aliphatic rings. The molecule has 0 spiro atoms. The number of aliphatic carboxylic acids is 1. The number of hydrogen-bond donors (Lipinski definition) is 2. The van der Waals surface area contributed by atoms with Crippen molar-refractivity contribution in [2.75, 3.05) is 0 Å². The van der Waals surface area contributed by atoms with Gasteiger partial charge in [-0.1, -0.05) is 18.2 Å². The van der Waals surface area contributed by atoms with Crippen molar-refractivity contribution < 1.29 is 37.7 Å². The highest BCUT2D eigenvalue weighted by molar-refractivity contribution is 5.80. The minimum atomic E-state index is -4.40. The van der Waals surface area contributed by atoms with Crippen molar-refractivity contribution in [1.82, 2.24) is 4.90 Å². The highest BCUT2D eigenvalue weighted by Crippen LogP contribution is 2.30. The number of carboxylic acid groups (broad SMARTS) is 2. The van der Waals surface area contributed by atoms with Gasteiger partial charge in [0.2, 0.25) is 0 Å². The topological polar surface area (TPSA) is 87.1 Å². The van der Waals surface area contributed by atoms with Crippen LogP contribution in [-0.4, -0.2) is 33.2 Å². The van der Waals surface area contributed by atoms with Crippen LogP contribution in [0.2, 0.25) is 0 Å². The molecule has 1 atom stereocenters. The van der Waals surface area contributed by atoms with E-state index in [1.165, 1.54) is 12.1 Å². The predicted octanol–water partition coefficient (Wildman–Crippen LogP) is 3.77. The van der Waals surface area contributed by atoms with Gasteiger partial charge >= 0.3 is 18.2 Å². The minimum Gasteiger partial charge on any atom is -0.489 e. The first-order valence-electron chi connectivity index (χ1n) is 8.28. The van der Waals surface area contributed by atoms with Crippen molar-refractivity contribution in [3.8, 4) is 5.75 Å². The van der Waals surface area contributed by atoms with E-state index in [0.717, 1.165) is 17.0 Å². The fourth-order valence-electron chi connectivity index (χ4n) is 3.03. The van der Waals surface area contributed by atoms with E-state index < -0.39 is 29.8 Å². The van der Waals surface area contributed by atoms with E-state index in [0.29, 0.717) is 22.4 Å². The number of carboxylic acids is 1. The van der Waals surface area contributed by atoms with Gasteiger partial charge in [0.15, 0.2) is 0 Å². The molecule has 148 valence electrons. The van der Waals surface area contributed by atoms with E-state index in [-0.39, 0.29) is 19.6 Å². The summed E-state index contributed by atoms with van der Waals surface area (Å²) in [5, 5.41) is 18.5. The van der Waals surface area contributed by atoms with Crippen LogP contribution in [0, 0.1) is 0 Å². The van der Waals surface area contributed by atoms with Gasteiger partial charge in [-0.25, -0.2) is 9.59 Å². The van der Waals surface area contributed by atoms with E-state index in [1.54, 1.807) is 18.2 Å². The molecule has 2 aromatic carbocycles. The molecule has 2 aromatic rings. The monoisotopic (exact) mass is 395 g/mol. The SMILES string of the molecule is O=C(O)[C@@H]1Cc2ccc(OCc3ccc(C(F)(F)F)cc3)cc2CN1C(=O)O. The molecule has 0 unspecified atom stereocenters. The third-order valence-electron chi connectivity index (χ3n) is 4.53. The van der Waals surface area contributed by atoms with Crippen molar-refractivity contribution in [3.63, 3.8) is 0 Å². The van der Waals surface area contributed by atoms with Crippen LogP contribution in [0.3, 0.4) is 0 Å². The molecule has 1 amide bonds. The number of carbonyl (C=O) groups is 2. The summed E-state index contributed by atoms with van der Waals surface area (Å²) in [7, 11) is 0. The van der Waals surface area contributed by atoms with Gasteiger partial charge in [-0.2, -0.15) is 13.2 Å². The van der Waals surface area contributed by atoms with Crippen LogP contribution in [-0.2, 0) is 30.5 Å². The molecule has 0 aromatic heterocycles. The molecule has 3 rings (SSSR count). The van der Waals surface area contributed by atoms with Crippen LogP contribution >= 0.6 is 0 Å². The lowest BCUT2D eigenvalue weighted by molar-refractivity contribution is -0.143. The van der Waals surface area contributed by atoms with E-state index in [1.807, 2.05) is 0 Å². The summed E-state index contributed by atoms with van der Waals surface area (Å²) in [6, 6.07) is 8.36. The van der Waals surface area contributed by atoms with Crippen molar-refractivity contribution in [1.29, 1.82) is 0 Å². The molecule has 9 heteroatoms. The standard InChI is InChI=1S/C19H16F3NO5/c20-19(21,22)14-4-1-11(2-5-14)10-28-15-6-3-12-8-16(17(24)25)23(18(26)27)9-13(12)7-15/h1-7,16H,8-10H2,(H,24,25)(H,26,27)/t16-/m0/s1. The highest BCUT2D eigenvalue weighted by atomic mass is 19.4. The molecule has 0 saturated heterocycles. The van der Waals surface area contributed by atoms with Crippen LogP contribution in [0.5, 0.6) is 5.75 Å². The van der Waals surface area contributed by atoms with Gasteiger partial charge < -0.3 is 14.9 Å². The van der Waals surface area contributed by atoms with Crippen LogP contribution in [0.4, 0.5) is 18.0 Å². The van der Waals surface area contributed by atoms with Gasteiger partial charge in [0.25, 0.3) is 0 Å². The first kappa shape index (κ1) is 19.5. The predicted molar refractivity (Wildman–Crippen MR) is 90.9 cm³/mol. The summed E-state index contributed by atoms with van der Waals surface area (Å²) >= 11 is 0. The van der Waals surface area contributed by atoms with E-state index >= 15 is 0 Å². The summed E-state index contributed by atoms with van der Waals surface area (Å²) in [5.41, 5.74) is 1.15. The van der Waals surface area contributed by atoms with Gasteiger partial charge in [0.1, 0.15) is 18.4 Å². The normalized spacial score (nSPS) is 16.4. The van der Waals surface area contributed by atoms with Crippen molar-refractivity contribution in [2.24, 2.45) is 0 Å². The Labute approximate surface area is 157 Å².